The lowest BCUT2D eigenvalue weighted by molar-refractivity contribution is -0.274. The minimum atomic E-state index is -4.84. The van der Waals surface area contributed by atoms with Crippen LogP contribution in [0.4, 0.5) is 13.2 Å². The average Bonchev–Trinajstić information content (AvgIpc) is 1.75. The second kappa shape index (κ2) is 56.1. The van der Waals surface area contributed by atoms with Gasteiger partial charge in [0.15, 0.2) is 34.9 Å². The molecule has 0 spiro atoms. The molecule has 0 aliphatic rings. The van der Waals surface area contributed by atoms with Gasteiger partial charge in [-0.15, -0.1) is 43.8 Å². The standard InChI is InChI=1S/C19H26N4O3.C18H23N3O3.C16H19ClN4O3.C15H13ClF3N3O3.C14H14ClN3O3.C13H12ClN3O3/c1-14(2)26-18(24)6-7-23-13-20-19(21-23)16-10-15(3)11-17(12-16)25-9-8-22(4)5;1-12(2)23-16-9-14(5)8-15(10-16)18-19-11-21(20-18)7-6-17(22)24-13(3)4;1-10(2)23-14-8-12(7-13(17)19-14)16-18-9-21(20-16)6-5-15(22)24-11(3)4;1-9(2)24-13(23)3-4-22-8-20-14(21-22)10-5-11(16)7-12(6-10)25-15(17,18)19;1-3-21-13(19)4-5-18-9-16-14(17-18)10-6-11(15)8-12(7-10)20-2;1-19-11-6-9(5-10(14)7-11)13-15-8-17(16-13)4-3-12(18)20-2/h6-7,10-14H,8-9H2,1-5H3;6-13H,1-5H3;5-11H,1-4H3;3-9H,1-2H3;4-9H,3H2,1-2H3;3-8H,1-2H3/b2*7-6-;6-5-;4-3-;5-4-;4-3-. The molecule has 0 aliphatic carbocycles. The highest BCUT2D eigenvalue weighted by molar-refractivity contribution is 6.32. The molecular weight excluding hydrogens is 1910 g/mol. The molecule has 0 aliphatic heterocycles. The van der Waals surface area contributed by atoms with Gasteiger partial charge in [-0.05, 0) is 226 Å². The lowest BCUT2D eigenvalue weighted by Gasteiger charge is -2.12. The first-order chi connectivity index (χ1) is 66.3. The Morgan fingerprint density at radius 1 is 0.371 bits per heavy atom. The molecular formula is C95H107Cl4F3N20O18. The second-order valence-corrected chi connectivity index (χ2v) is 32.7. The lowest BCUT2D eigenvalue weighted by Crippen LogP contribution is -2.19. The van der Waals surface area contributed by atoms with Crippen molar-refractivity contribution < 1.29 is 98.8 Å². The summed E-state index contributed by atoms with van der Waals surface area (Å²) in [5.74, 6) is 2.63. The number of pyridine rings is 1. The predicted molar refractivity (Wildman–Crippen MR) is 521 cm³/mol. The summed E-state index contributed by atoms with van der Waals surface area (Å²) in [6.07, 6.45) is 19.6. The van der Waals surface area contributed by atoms with Gasteiger partial charge in [-0.2, -0.15) is 0 Å². The number of likely N-dealkylation sites (N-methyl/N-ethyl adjacent to an activating group) is 1. The number of alkyl halides is 3. The van der Waals surface area contributed by atoms with Crippen LogP contribution in [0.2, 0.25) is 20.2 Å². The number of aryl methyl sites for hydroxylation is 2. The lowest BCUT2D eigenvalue weighted by atomic mass is 10.1. The summed E-state index contributed by atoms with van der Waals surface area (Å²) in [5, 5.41) is 26.8. The van der Waals surface area contributed by atoms with Crippen molar-refractivity contribution >= 4 is 119 Å². The number of carbonyl (C=O) groups excluding carboxylic acids is 6. The Labute approximate surface area is 825 Å². The first kappa shape index (κ1) is 112. The molecule has 5 aromatic carbocycles. The predicted octanol–water partition coefficient (Wildman–Crippen LogP) is 18.1. The summed E-state index contributed by atoms with van der Waals surface area (Å²) in [7, 11) is 8.43. The minimum Gasteiger partial charge on any atom is -0.497 e. The zero-order valence-electron chi connectivity index (χ0n) is 80.2. The van der Waals surface area contributed by atoms with E-state index in [1.165, 1.54) is 134 Å². The SMILES string of the molecule is CC(C)OC(=O)/C=C\n1cnc(-c2cc(Cl)cc(OC(F)(F)F)c2)n1.CC(C)OC(=O)/C=C\n1cnc(-c2cc(Cl)nc(OC(C)C)c2)n1.CCOC(=O)/C=C\n1cnc(-c2cc(Cl)cc(OC)c2)n1.COC(=O)/C=C\n1cnc(-c2cc(Cl)cc(OC)c2)n1.Cc1cc(OC(C)C)cc(-c2ncn(/C=C\C(=O)OC(C)C)n2)c1.Cc1cc(OCCN(C)C)cc(-c2ncn(/C=C\C(=O)OC(C)C)n2)c1. The maximum atomic E-state index is 12.3. The first-order valence-corrected chi connectivity index (χ1v) is 44.3. The van der Waals surface area contributed by atoms with Crippen LogP contribution in [0, 0.1) is 13.8 Å². The topological polar surface area (TPSA) is 414 Å². The first-order valence-electron chi connectivity index (χ1n) is 42.8. The number of hydrogen-bond acceptors (Lipinski definition) is 32. The number of aromatic nitrogens is 19. The highest BCUT2D eigenvalue weighted by atomic mass is 35.5. The summed E-state index contributed by atoms with van der Waals surface area (Å²) in [5.41, 5.74) is 6.20. The molecule has 0 atom stereocenters. The zero-order chi connectivity index (χ0) is 103. The maximum absolute atomic E-state index is 12.3. The molecule has 7 aromatic heterocycles. The van der Waals surface area contributed by atoms with E-state index >= 15 is 0 Å². The van der Waals surface area contributed by atoms with E-state index in [-0.39, 0.29) is 58.2 Å². The molecule has 744 valence electrons. The van der Waals surface area contributed by atoms with Gasteiger partial charge in [-0.1, -0.05) is 46.4 Å². The molecule has 0 amide bonds. The molecule has 0 saturated carbocycles. The molecule has 0 saturated heterocycles. The van der Waals surface area contributed by atoms with Crippen LogP contribution in [0.5, 0.6) is 34.6 Å². The van der Waals surface area contributed by atoms with Crippen molar-refractivity contribution in [1.82, 2.24) is 98.5 Å². The quantitative estimate of drug-likeness (QED) is 0.0156. The van der Waals surface area contributed by atoms with E-state index in [0.717, 1.165) is 69.6 Å². The summed E-state index contributed by atoms with van der Waals surface area (Å²) in [4.78, 5) is 99.4. The Morgan fingerprint density at radius 3 is 0.986 bits per heavy atom. The number of benzene rings is 5. The van der Waals surface area contributed by atoms with E-state index in [1.807, 2.05) is 92.0 Å². The fourth-order valence-electron chi connectivity index (χ4n) is 11.0. The van der Waals surface area contributed by atoms with Crippen LogP contribution in [-0.2, 0) is 57.2 Å². The Kier molecular flexibility index (Phi) is 44.9. The van der Waals surface area contributed by atoms with E-state index in [1.54, 1.807) is 138 Å². The summed E-state index contributed by atoms with van der Waals surface area (Å²) >= 11 is 23.8. The van der Waals surface area contributed by atoms with Gasteiger partial charge in [0.2, 0.25) is 5.88 Å². The molecule has 7 heterocycles. The van der Waals surface area contributed by atoms with Gasteiger partial charge in [0.05, 0.1) is 64.6 Å². The largest absolute Gasteiger partial charge is 0.573 e. The van der Waals surface area contributed by atoms with E-state index in [4.69, 9.17) is 93.8 Å². The molecule has 12 rings (SSSR count). The number of nitrogens with zero attached hydrogens (tertiary/aromatic N) is 20. The van der Waals surface area contributed by atoms with Gasteiger partial charge in [-0.3, -0.25) is 0 Å². The third-order valence-corrected chi connectivity index (χ3v) is 17.3. The second-order valence-electron chi connectivity index (χ2n) is 31.0. The highest BCUT2D eigenvalue weighted by Gasteiger charge is 2.32. The summed E-state index contributed by atoms with van der Waals surface area (Å²) < 4.78 is 106. The number of halogens is 7. The Bertz CT molecular complexity index is 6150. The van der Waals surface area contributed by atoms with E-state index in [0.29, 0.717) is 75.3 Å². The highest BCUT2D eigenvalue weighted by Crippen LogP contribution is 2.34. The average molecular weight is 2020 g/mol. The smallest absolute Gasteiger partial charge is 0.497 e. The van der Waals surface area contributed by atoms with Crippen molar-refractivity contribution in [2.24, 2.45) is 0 Å². The third-order valence-electron chi connectivity index (χ3n) is 16.4. The molecule has 0 unspecified atom stereocenters. The normalized spacial score (nSPS) is 11.4. The van der Waals surface area contributed by atoms with Crippen molar-refractivity contribution in [2.75, 3.05) is 55.2 Å². The monoisotopic (exact) mass is 2010 g/mol. The summed E-state index contributed by atoms with van der Waals surface area (Å²) in [6, 6.07) is 29.0. The maximum Gasteiger partial charge on any atom is 0.573 e. The third kappa shape index (κ3) is 41.9. The number of hydrogen-bond donors (Lipinski definition) is 0. The number of carbonyl (C=O) groups is 6. The zero-order valence-corrected chi connectivity index (χ0v) is 83.3. The van der Waals surface area contributed by atoms with Crippen LogP contribution in [0.25, 0.3) is 106 Å². The molecule has 12 aromatic rings. The van der Waals surface area contributed by atoms with Crippen LogP contribution in [0.1, 0.15) is 101 Å². The van der Waals surface area contributed by atoms with Crippen LogP contribution < -0.4 is 28.4 Å². The summed E-state index contributed by atoms with van der Waals surface area (Å²) in [6.45, 7) is 29.5. The number of methoxy groups -OCH3 is 3. The van der Waals surface area contributed by atoms with Gasteiger partial charge < -0.3 is 61.7 Å². The van der Waals surface area contributed by atoms with Gasteiger partial charge >= 0.3 is 42.2 Å². The Hall–Kier alpha value is -14.9. The minimum absolute atomic E-state index is 0.0239. The van der Waals surface area contributed by atoms with Gasteiger partial charge in [0, 0.05) is 135 Å². The van der Waals surface area contributed by atoms with E-state index in [2.05, 4.69) is 79.9 Å². The molecule has 38 nitrogen and oxygen atoms in total. The van der Waals surface area contributed by atoms with Crippen LogP contribution in [-0.4, -0.2) is 232 Å². The van der Waals surface area contributed by atoms with Crippen LogP contribution >= 0.6 is 46.4 Å². The van der Waals surface area contributed by atoms with Crippen LogP contribution in [0.15, 0.2) is 178 Å². The van der Waals surface area contributed by atoms with E-state index in [9.17, 15) is 41.9 Å². The molecule has 0 N–H and O–H groups in total. The van der Waals surface area contributed by atoms with Gasteiger partial charge in [0.25, 0.3) is 0 Å². The number of rotatable bonds is 34. The molecule has 0 fully saturated rings. The van der Waals surface area contributed by atoms with Crippen molar-refractivity contribution in [1.29, 1.82) is 0 Å². The Morgan fingerprint density at radius 2 is 0.671 bits per heavy atom. The van der Waals surface area contributed by atoms with Crippen molar-refractivity contribution in [2.45, 2.75) is 147 Å². The number of esters is 6. The van der Waals surface area contributed by atoms with Crippen molar-refractivity contribution in [3.63, 3.8) is 0 Å². The van der Waals surface area contributed by atoms with Crippen molar-refractivity contribution in [3.05, 3.63) is 209 Å². The fourth-order valence-corrected chi connectivity index (χ4v) is 11.8. The molecule has 140 heavy (non-hydrogen) atoms. The van der Waals surface area contributed by atoms with E-state index < -0.39 is 47.9 Å². The van der Waals surface area contributed by atoms with Gasteiger partial charge in [0.1, 0.15) is 78.5 Å². The van der Waals surface area contributed by atoms with Crippen molar-refractivity contribution in [3.8, 4) is 103 Å². The molecule has 45 heteroatoms. The molecule has 0 bridgehead atoms. The number of ether oxygens (including phenoxy) is 12. The fraction of sp³-hybridized carbons (Fsp3) is 0.316. The molecule has 0 radical (unpaired) electrons. The van der Waals surface area contributed by atoms with Crippen LogP contribution in [0.3, 0.4) is 0 Å². The van der Waals surface area contributed by atoms with Gasteiger partial charge in [-0.25, -0.2) is 91.7 Å². The Balaban J connectivity index is 0.000000229.